The van der Waals surface area contributed by atoms with Crippen molar-refractivity contribution in [2.45, 2.75) is 0 Å². The molecule has 0 aromatic heterocycles. The first-order valence-corrected chi connectivity index (χ1v) is 5.28. The number of rotatable bonds is 3. The molecule has 0 N–H and O–H groups in total. The molecule has 0 atom stereocenters. The van der Waals surface area contributed by atoms with Crippen LogP contribution in [0.2, 0.25) is 0 Å². The summed E-state index contributed by atoms with van der Waals surface area (Å²) in [7, 11) is 4.88. The average molecular weight is 233 g/mol. The standard InChI is InChI=1S/C13H15NO3/c1-15-8-10-7-14-6-9-4-12(16-2)13(17-3)5-11(9)10/h4-6,8H,7H2,1-3H3/b10-8-. The third-order valence-corrected chi connectivity index (χ3v) is 2.65. The lowest BCUT2D eigenvalue weighted by molar-refractivity contribution is 0.339. The zero-order valence-corrected chi connectivity index (χ0v) is 10.2. The van der Waals surface area contributed by atoms with Gasteiger partial charge in [-0.1, -0.05) is 0 Å². The summed E-state index contributed by atoms with van der Waals surface area (Å²) in [5.74, 6) is 1.42. The smallest absolute Gasteiger partial charge is 0.161 e. The number of aliphatic imine (C=N–C) groups is 1. The van der Waals surface area contributed by atoms with Crippen LogP contribution in [0, 0.1) is 0 Å². The summed E-state index contributed by atoms with van der Waals surface area (Å²) < 4.78 is 15.6. The Hall–Kier alpha value is -1.97. The minimum absolute atomic E-state index is 0.621. The summed E-state index contributed by atoms with van der Waals surface area (Å²) in [6.07, 6.45) is 3.55. The van der Waals surface area contributed by atoms with Crippen LogP contribution in [-0.4, -0.2) is 34.1 Å². The van der Waals surface area contributed by atoms with Crippen molar-refractivity contribution in [1.29, 1.82) is 0 Å². The lowest BCUT2D eigenvalue weighted by atomic mass is 9.98. The number of nitrogens with zero attached hydrogens (tertiary/aromatic N) is 1. The van der Waals surface area contributed by atoms with E-state index in [0.717, 1.165) is 16.7 Å². The second kappa shape index (κ2) is 4.91. The van der Waals surface area contributed by atoms with E-state index in [2.05, 4.69) is 4.99 Å². The maximum absolute atomic E-state index is 5.29. The molecule has 17 heavy (non-hydrogen) atoms. The Balaban J connectivity index is 2.55. The van der Waals surface area contributed by atoms with Crippen molar-refractivity contribution in [2.24, 2.45) is 4.99 Å². The largest absolute Gasteiger partial charge is 0.504 e. The van der Waals surface area contributed by atoms with E-state index in [4.69, 9.17) is 14.2 Å². The van der Waals surface area contributed by atoms with Gasteiger partial charge in [0, 0.05) is 17.4 Å². The molecule has 0 radical (unpaired) electrons. The van der Waals surface area contributed by atoms with Crippen LogP contribution in [0.15, 0.2) is 23.4 Å². The summed E-state index contributed by atoms with van der Waals surface area (Å²) in [4.78, 5) is 4.28. The van der Waals surface area contributed by atoms with E-state index in [1.54, 1.807) is 27.6 Å². The van der Waals surface area contributed by atoms with Crippen molar-refractivity contribution >= 4 is 11.8 Å². The number of hydrogen-bond acceptors (Lipinski definition) is 4. The number of methoxy groups -OCH3 is 3. The number of hydrogen-bond donors (Lipinski definition) is 0. The molecular formula is C13H15NO3. The molecule has 4 nitrogen and oxygen atoms in total. The molecule has 0 amide bonds. The third kappa shape index (κ3) is 2.11. The molecule has 0 aliphatic carbocycles. The van der Waals surface area contributed by atoms with Crippen molar-refractivity contribution < 1.29 is 14.2 Å². The van der Waals surface area contributed by atoms with Crippen molar-refractivity contribution in [3.63, 3.8) is 0 Å². The molecule has 0 saturated carbocycles. The van der Waals surface area contributed by atoms with Gasteiger partial charge < -0.3 is 14.2 Å². The molecule has 0 saturated heterocycles. The Morgan fingerprint density at radius 1 is 1.12 bits per heavy atom. The van der Waals surface area contributed by atoms with Crippen LogP contribution in [0.1, 0.15) is 11.1 Å². The Morgan fingerprint density at radius 2 is 1.82 bits per heavy atom. The fraction of sp³-hybridized carbons (Fsp3) is 0.308. The molecule has 1 heterocycles. The summed E-state index contributed by atoms with van der Waals surface area (Å²) in [6.45, 7) is 0.621. The predicted octanol–water partition coefficient (Wildman–Crippen LogP) is 2.12. The number of benzene rings is 1. The molecule has 4 heteroatoms. The van der Waals surface area contributed by atoms with Gasteiger partial charge in [0.25, 0.3) is 0 Å². The van der Waals surface area contributed by atoms with Gasteiger partial charge in [0.05, 0.1) is 34.1 Å². The maximum atomic E-state index is 5.29. The second-order valence-electron chi connectivity index (χ2n) is 3.64. The van der Waals surface area contributed by atoms with Crippen LogP contribution in [0.4, 0.5) is 0 Å². The lowest BCUT2D eigenvalue weighted by Crippen LogP contribution is -2.04. The predicted molar refractivity (Wildman–Crippen MR) is 67.0 cm³/mol. The number of fused-ring (bicyclic) bond motifs is 1. The van der Waals surface area contributed by atoms with Crippen LogP contribution in [0.25, 0.3) is 5.57 Å². The zero-order valence-electron chi connectivity index (χ0n) is 10.2. The molecule has 1 aliphatic rings. The van der Waals surface area contributed by atoms with Crippen molar-refractivity contribution in [3.8, 4) is 11.5 Å². The molecule has 0 bridgehead atoms. The first-order valence-electron chi connectivity index (χ1n) is 5.28. The second-order valence-corrected chi connectivity index (χ2v) is 3.64. The fourth-order valence-corrected chi connectivity index (χ4v) is 1.85. The molecular weight excluding hydrogens is 218 g/mol. The Bertz CT molecular complexity index is 478. The van der Waals surface area contributed by atoms with Crippen molar-refractivity contribution in [1.82, 2.24) is 0 Å². The summed E-state index contributed by atoms with van der Waals surface area (Å²) in [6, 6.07) is 3.87. The zero-order chi connectivity index (χ0) is 12.3. The average Bonchev–Trinajstić information content (AvgIpc) is 2.38. The van der Waals surface area contributed by atoms with Gasteiger partial charge in [-0.3, -0.25) is 4.99 Å². The molecule has 0 fully saturated rings. The van der Waals surface area contributed by atoms with Crippen LogP contribution in [0.3, 0.4) is 0 Å². The van der Waals surface area contributed by atoms with E-state index >= 15 is 0 Å². The van der Waals surface area contributed by atoms with Gasteiger partial charge in [-0.15, -0.1) is 0 Å². The summed E-state index contributed by atoms with van der Waals surface area (Å²) in [5, 5.41) is 0. The minimum atomic E-state index is 0.621. The van der Waals surface area contributed by atoms with E-state index in [1.165, 1.54) is 0 Å². The third-order valence-electron chi connectivity index (χ3n) is 2.65. The first-order chi connectivity index (χ1) is 8.30. The molecule has 0 unspecified atom stereocenters. The van der Waals surface area contributed by atoms with E-state index in [9.17, 15) is 0 Å². The maximum Gasteiger partial charge on any atom is 0.161 e. The van der Waals surface area contributed by atoms with E-state index in [-0.39, 0.29) is 0 Å². The van der Waals surface area contributed by atoms with E-state index in [1.807, 2.05) is 18.3 Å². The van der Waals surface area contributed by atoms with Crippen LogP contribution >= 0.6 is 0 Å². The Kier molecular flexibility index (Phi) is 3.32. The highest BCUT2D eigenvalue weighted by Crippen LogP contribution is 2.34. The highest BCUT2D eigenvalue weighted by Gasteiger charge is 2.16. The van der Waals surface area contributed by atoms with Crippen molar-refractivity contribution in [3.05, 3.63) is 29.5 Å². The molecule has 1 aliphatic heterocycles. The first kappa shape index (κ1) is 11.5. The van der Waals surface area contributed by atoms with Gasteiger partial charge in [0.2, 0.25) is 0 Å². The molecule has 1 aromatic carbocycles. The molecule has 1 aromatic rings. The van der Waals surface area contributed by atoms with Crippen molar-refractivity contribution in [2.75, 3.05) is 27.9 Å². The fourth-order valence-electron chi connectivity index (χ4n) is 1.85. The van der Waals surface area contributed by atoms with Crippen LogP contribution in [-0.2, 0) is 4.74 Å². The topological polar surface area (TPSA) is 40.0 Å². The SMILES string of the molecule is CO/C=C1/CN=Cc2cc(OC)c(OC)cc21. The summed E-state index contributed by atoms with van der Waals surface area (Å²) in [5.41, 5.74) is 3.11. The molecule has 90 valence electrons. The van der Waals surface area contributed by atoms with Gasteiger partial charge in [-0.2, -0.15) is 0 Å². The van der Waals surface area contributed by atoms with Crippen LogP contribution < -0.4 is 9.47 Å². The van der Waals surface area contributed by atoms with Crippen LogP contribution in [0.5, 0.6) is 11.5 Å². The summed E-state index contributed by atoms with van der Waals surface area (Å²) >= 11 is 0. The Labute approximate surface area is 101 Å². The quantitative estimate of drug-likeness (QED) is 0.751. The van der Waals surface area contributed by atoms with E-state index in [0.29, 0.717) is 18.0 Å². The Morgan fingerprint density at radius 3 is 2.47 bits per heavy atom. The minimum Gasteiger partial charge on any atom is -0.504 e. The molecule has 0 spiro atoms. The lowest BCUT2D eigenvalue weighted by Gasteiger charge is -2.16. The monoisotopic (exact) mass is 233 g/mol. The van der Waals surface area contributed by atoms with E-state index < -0.39 is 0 Å². The number of ether oxygens (including phenoxy) is 3. The highest BCUT2D eigenvalue weighted by molar-refractivity contribution is 5.93. The van der Waals surface area contributed by atoms with Gasteiger partial charge >= 0.3 is 0 Å². The van der Waals surface area contributed by atoms with Gasteiger partial charge in [0.15, 0.2) is 11.5 Å². The van der Waals surface area contributed by atoms with Gasteiger partial charge in [-0.25, -0.2) is 0 Å². The normalized spacial score (nSPS) is 15.6. The molecule has 2 rings (SSSR count). The highest BCUT2D eigenvalue weighted by atomic mass is 16.5. The van der Waals surface area contributed by atoms with Gasteiger partial charge in [-0.05, 0) is 17.7 Å². The van der Waals surface area contributed by atoms with Gasteiger partial charge in [0.1, 0.15) is 0 Å².